The third-order valence-corrected chi connectivity index (χ3v) is 2.67. The van der Waals surface area contributed by atoms with Crippen LogP contribution in [0.5, 0.6) is 11.5 Å². The standard InChI is InChI=1S/C14H20N2O2/c1-14(16,11-15)9-5-6-10-18-13-8-4-3-7-12(13)17-2/h3-4,7-8H,5-6,9-10,16H2,1-2H3. The van der Waals surface area contributed by atoms with Crippen LogP contribution in [0.1, 0.15) is 26.2 Å². The summed E-state index contributed by atoms with van der Waals surface area (Å²) in [5.41, 5.74) is 5.00. The second-order valence-corrected chi connectivity index (χ2v) is 4.49. The van der Waals surface area contributed by atoms with Gasteiger partial charge < -0.3 is 15.2 Å². The number of benzene rings is 1. The molecule has 1 rings (SSSR count). The molecule has 0 radical (unpaired) electrons. The number of nitriles is 1. The summed E-state index contributed by atoms with van der Waals surface area (Å²) in [6.45, 7) is 2.34. The van der Waals surface area contributed by atoms with E-state index in [1.54, 1.807) is 14.0 Å². The molecule has 0 amide bonds. The Balaban J connectivity index is 2.28. The van der Waals surface area contributed by atoms with Crippen LogP contribution >= 0.6 is 0 Å². The molecule has 18 heavy (non-hydrogen) atoms. The van der Waals surface area contributed by atoms with Gasteiger partial charge >= 0.3 is 0 Å². The third-order valence-electron chi connectivity index (χ3n) is 2.67. The highest BCUT2D eigenvalue weighted by atomic mass is 16.5. The minimum absolute atomic E-state index is 0.599. The maximum atomic E-state index is 8.77. The molecule has 4 nitrogen and oxygen atoms in total. The van der Waals surface area contributed by atoms with Crippen LogP contribution in [0.2, 0.25) is 0 Å². The van der Waals surface area contributed by atoms with E-state index in [4.69, 9.17) is 20.5 Å². The van der Waals surface area contributed by atoms with Gasteiger partial charge in [-0.1, -0.05) is 12.1 Å². The number of hydrogen-bond acceptors (Lipinski definition) is 4. The molecular weight excluding hydrogens is 228 g/mol. The van der Waals surface area contributed by atoms with Gasteiger partial charge in [-0.05, 0) is 38.3 Å². The van der Waals surface area contributed by atoms with Crippen molar-refractivity contribution in [3.8, 4) is 17.6 Å². The number of methoxy groups -OCH3 is 1. The number of nitrogens with zero attached hydrogens (tertiary/aromatic N) is 1. The van der Waals surface area contributed by atoms with Gasteiger partial charge in [0, 0.05) is 0 Å². The average Bonchev–Trinajstić information content (AvgIpc) is 2.38. The molecule has 0 heterocycles. The molecule has 0 aliphatic rings. The first-order chi connectivity index (χ1) is 8.59. The molecule has 0 aliphatic carbocycles. The van der Waals surface area contributed by atoms with Crippen molar-refractivity contribution in [3.05, 3.63) is 24.3 Å². The fourth-order valence-corrected chi connectivity index (χ4v) is 1.57. The second kappa shape index (κ2) is 6.87. The van der Waals surface area contributed by atoms with Crippen molar-refractivity contribution in [2.24, 2.45) is 5.73 Å². The van der Waals surface area contributed by atoms with E-state index in [1.807, 2.05) is 24.3 Å². The molecule has 1 aromatic rings. The van der Waals surface area contributed by atoms with E-state index in [0.717, 1.165) is 24.3 Å². The van der Waals surface area contributed by atoms with Crippen molar-refractivity contribution in [2.75, 3.05) is 13.7 Å². The predicted molar refractivity (Wildman–Crippen MR) is 70.5 cm³/mol. The quantitative estimate of drug-likeness (QED) is 0.753. The molecule has 1 unspecified atom stereocenters. The fraction of sp³-hybridized carbons (Fsp3) is 0.500. The van der Waals surface area contributed by atoms with Gasteiger partial charge in [0.1, 0.15) is 5.54 Å². The lowest BCUT2D eigenvalue weighted by Gasteiger charge is -2.15. The summed E-state index contributed by atoms with van der Waals surface area (Å²) >= 11 is 0. The smallest absolute Gasteiger partial charge is 0.161 e. The molecule has 0 saturated heterocycles. The Morgan fingerprint density at radius 1 is 1.28 bits per heavy atom. The van der Waals surface area contributed by atoms with Crippen molar-refractivity contribution < 1.29 is 9.47 Å². The highest BCUT2D eigenvalue weighted by molar-refractivity contribution is 5.39. The van der Waals surface area contributed by atoms with Crippen molar-refractivity contribution in [1.29, 1.82) is 5.26 Å². The molecule has 0 bridgehead atoms. The molecular formula is C14H20N2O2. The molecule has 0 aliphatic heterocycles. The third kappa shape index (κ3) is 4.64. The van der Waals surface area contributed by atoms with E-state index >= 15 is 0 Å². The van der Waals surface area contributed by atoms with Crippen molar-refractivity contribution in [3.63, 3.8) is 0 Å². The molecule has 98 valence electrons. The lowest BCUT2D eigenvalue weighted by Crippen LogP contribution is -2.33. The van der Waals surface area contributed by atoms with E-state index in [1.165, 1.54) is 0 Å². The van der Waals surface area contributed by atoms with Crippen LogP contribution in [0.15, 0.2) is 24.3 Å². The van der Waals surface area contributed by atoms with Crippen LogP contribution < -0.4 is 15.2 Å². The Morgan fingerprint density at radius 3 is 2.56 bits per heavy atom. The van der Waals surface area contributed by atoms with Crippen molar-refractivity contribution in [1.82, 2.24) is 0 Å². The molecule has 2 N–H and O–H groups in total. The summed E-state index contributed by atoms with van der Waals surface area (Å²) in [6.07, 6.45) is 2.42. The van der Waals surface area contributed by atoms with Crippen LogP contribution in [0.3, 0.4) is 0 Å². The maximum Gasteiger partial charge on any atom is 0.161 e. The van der Waals surface area contributed by atoms with Gasteiger partial charge in [0.15, 0.2) is 11.5 Å². The van der Waals surface area contributed by atoms with Gasteiger partial charge in [0.2, 0.25) is 0 Å². The van der Waals surface area contributed by atoms with Crippen LogP contribution in [-0.2, 0) is 0 Å². The first kappa shape index (κ1) is 14.3. The SMILES string of the molecule is COc1ccccc1OCCCCC(C)(N)C#N. The zero-order valence-corrected chi connectivity index (χ0v) is 11.0. The highest BCUT2D eigenvalue weighted by Crippen LogP contribution is 2.25. The van der Waals surface area contributed by atoms with Crippen LogP contribution in [0.4, 0.5) is 0 Å². The molecule has 0 fully saturated rings. The number of ether oxygens (including phenoxy) is 2. The maximum absolute atomic E-state index is 8.77. The molecule has 1 atom stereocenters. The monoisotopic (exact) mass is 248 g/mol. The lowest BCUT2D eigenvalue weighted by molar-refractivity contribution is 0.282. The van der Waals surface area contributed by atoms with Crippen LogP contribution in [0, 0.1) is 11.3 Å². The average molecular weight is 248 g/mol. The summed E-state index contributed by atoms with van der Waals surface area (Å²) in [7, 11) is 1.62. The van der Waals surface area contributed by atoms with E-state index in [2.05, 4.69) is 6.07 Å². The lowest BCUT2D eigenvalue weighted by atomic mass is 9.98. The Hall–Kier alpha value is -1.73. The van der Waals surface area contributed by atoms with Crippen molar-refractivity contribution >= 4 is 0 Å². The van der Waals surface area contributed by atoms with Gasteiger partial charge in [0.05, 0.1) is 19.8 Å². The van der Waals surface area contributed by atoms with E-state index in [-0.39, 0.29) is 0 Å². The number of rotatable bonds is 7. The van der Waals surface area contributed by atoms with Crippen molar-refractivity contribution in [2.45, 2.75) is 31.7 Å². The second-order valence-electron chi connectivity index (χ2n) is 4.49. The number of unbranched alkanes of at least 4 members (excludes halogenated alkanes) is 1. The summed E-state index contributed by atoms with van der Waals surface area (Å²) in [5, 5.41) is 8.77. The Morgan fingerprint density at radius 2 is 1.94 bits per heavy atom. The zero-order chi connectivity index (χ0) is 13.4. The summed E-state index contributed by atoms with van der Waals surface area (Å²) in [5.74, 6) is 1.48. The molecule has 0 spiro atoms. The minimum atomic E-state index is -0.732. The first-order valence-corrected chi connectivity index (χ1v) is 6.05. The zero-order valence-electron chi connectivity index (χ0n) is 11.0. The summed E-state index contributed by atoms with van der Waals surface area (Å²) < 4.78 is 10.8. The van der Waals surface area contributed by atoms with Gasteiger partial charge in [0.25, 0.3) is 0 Å². The fourth-order valence-electron chi connectivity index (χ4n) is 1.57. The Kier molecular flexibility index (Phi) is 5.47. The topological polar surface area (TPSA) is 68.3 Å². The normalized spacial score (nSPS) is 13.4. The minimum Gasteiger partial charge on any atom is -0.493 e. The predicted octanol–water partition coefficient (Wildman–Crippen LogP) is 2.49. The Labute approximate surface area is 108 Å². The van der Waals surface area contributed by atoms with Gasteiger partial charge in [-0.3, -0.25) is 0 Å². The van der Waals surface area contributed by atoms with Crippen LogP contribution in [0.25, 0.3) is 0 Å². The number of nitrogens with two attached hydrogens (primary N) is 1. The van der Waals surface area contributed by atoms with Crippen LogP contribution in [-0.4, -0.2) is 19.3 Å². The Bertz CT molecular complexity index is 411. The van der Waals surface area contributed by atoms with E-state index in [0.29, 0.717) is 13.0 Å². The number of hydrogen-bond donors (Lipinski definition) is 1. The molecule has 0 saturated carbocycles. The summed E-state index contributed by atoms with van der Waals surface area (Å²) in [6, 6.07) is 9.63. The highest BCUT2D eigenvalue weighted by Gasteiger charge is 2.15. The molecule has 0 aromatic heterocycles. The van der Waals surface area contributed by atoms with Gasteiger partial charge in [-0.15, -0.1) is 0 Å². The largest absolute Gasteiger partial charge is 0.493 e. The van der Waals surface area contributed by atoms with E-state index < -0.39 is 5.54 Å². The molecule has 4 heteroatoms. The van der Waals surface area contributed by atoms with Gasteiger partial charge in [-0.2, -0.15) is 5.26 Å². The van der Waals surface area contributed by atoms with Gasteiger partial charge in [-0.25, -0.2) is 0 Å². The summed E-state index contributed by atoms with van der Waals surface area (Å²) in [4.78, 5) is 0. The number of para-hydroxylation sites is 2. The molecule has 1 aromatic carbocycles. The van der Waals surface area contributed by atoms with E-state index in [9.17, 15) is 0 Å². The first-order valence-electron chi connectivity index (χ1n) is 6.05.